The van der Waals surface area contributed by atoms with Crippen LogP contribution in [0, 0.1) is 23.2 Å². The van der Waals surface area contributed by atoms with Crippen LogP contribution in [0.2, 0.25) is 0 Å². The molecular weight excluding hydrogens is 288 g/mol. The highest BCUT2D eigenvalue weighted by atomic mass is 16.6. The summed E-state index contributed by atoms with van der Waals surface area (Å²) in [5.41, 5.74) is 1.01. The summed E-state index contributed by atoms with van der Waals surface area (Å²) in [6, 6.07) is 0. The SMILES string of the molecule is C/C1=C\CCC2(C)O[C@@H]2C(=O)[C@@H]2CC[C@@H](C)[C@](C)(CC1)[C@H]2C=O. The van der Waals surface area contributed by atoms with Gasteiger partial charge < -0.3 is 9.53 Å². The number of Topliss-reactive ketones (excluding diaryl/α,β-unsaturated/α-hetero) is 1. The zero-order chi connectivity index (χ0) is 16.8. The maximum Gasteiger partial charge on any atom is 0.168 e. The van der Waals surface area contributed by atoms with Crippen molar-refractivity contribution in [1.82, 2.24) is 0 Å². The van der Waals surface area contributed by atoms with Crippen molar-refractivity contribution in [2.45, 2.75) is 77.9 Å². The molecule has 0 radical (unpaired) electrons. The molecule has 3 heteroatoms. The van der Waals surface area contributed by atoms with Gasteiger partial charge in [-0.25, -0.2) is 0 Å². The Balaban J connectivity index is 1.96. The molecule has 1 saturated carbocycles. The van der Waals surface area contributed by atoms with Gasteiger partial charge in [-0.15, -0.1) is 0 Å². The normalized spacial score (nSPS) is 49.9. The van der Waals surface area contributed by atoms with Crippen LogP contribution in [0.4, 0.5) is 0 Å². The quantitative estimate of drug-likeness (QED) is 0.415. The number of carbonyl (C=O) groups is 2. The van der Waals surface area contributed by atoms with Crippen LogP contribution in [0.5, 0.6) is 0 Å². The number of aldehydes is 1. The van der Waals surface area contributed by atoms with Gasteiger partial charge in [0.25, 0.3) is 0 Å². The lowest BCUT2D eigenvalue weighted by atomic mass is 9.55. The minimum absolute atomic E-state index is 0.0834. The highest BCUT2D eigenvalue weighted by Crippen LogP contribution is 2.53. The van der Waals surface area contributed by atoms with Crippen molar-refractivity contribution in [2.75, 3.05) is 0 Å². The first-order chi connectivity index (χ1) is 10.8. The predicted octanol–water partition coefficient (Wildman–Crippen LogP) is 4.10. The molecule has 128 valence electrons. The Morgan fingerprint density at radius 2 is 2.00 bits per heavy atom. The topological polar surface area (TPSA) is 46.7 Å². The molecule has 3 nitrogen and oxygen atoms in total. The van der Waals surface area contributed by atoms with E-state index in [4.69, 9.17) is 4.74 Å². The Hall–Kier alpha value is -0.960. The average molecular weight is 318 g/mol. The van der Waals surface area contributed by atoms with Crippen LogP contribution >= 0.6 is 0 Å². The molecule has 0 aromatic carbocycles. The van der Waals surface area contributed by atoms with Crippen LogP contribution < -0.4 is 0 Å². The van der Waals surface area contributed by atoms with Crippen molar-refractivity contribution >= 4 is 12.1 Å². The maximum absolute atomic E-state index is 13.0. The van der Waals surface area contributed by atoms with Crippen molar-refractivity contribution in [2.24, 2.45) is 23.2 Å². The summed E-state index contributed by atoms with van der Waals surface area (Å²) < 4.78 is 5.81. The Morgan fingerprint density at radius 1 is 1.26 bits per heavy atom. The Bertz CT molecular complexity index is 537. The second-order valence-corrected chi connectivity index (χ2v) is 8.55. The third kappa shape index (κ3) is 2.82. The minimum atomic E-state index is -0.306. The molecule has 2 fully saturated rings. The van der Waals surface area contributed by atoms with Gasteiger partial charge in [0.05, 0.1) is 0 Å². The van der Waals surface area contributed by atoms with Crippen LogP contribution in [0.3, 0.4) is 0 Å². The molecule has 6 atom stereocenters. The molecule has 2 aliphatic carbocycles. The lowest BCUT2D eigenvalue weighted by Crippen LogP contribution is -2.47. The van der Waals surface area contributed by atoms with E-state index in [0.717, 1.165) is 44.8 Å². The van der Waals surface area contributed by atoms with Gasteiger partial charge >= 0.3 is 0 Å². The summed E-state index contributed by atoms with van der Waals surface area (Å²) in [7, 11) is 0. The summed E-state index contributed by atoms with van der Waals surface area (Å²) >= 11 is 0. The fourth-order valence-corrected chi connectivity index (χ4v) is 4.86. The standard InChI is InChI=1S/C20H30O3/c1-13-6-5-10-20(4)18(23-20)17(22)15-8-7-14(2)19(3,11-9-13)16(15)12-21/h6,12,14-16,18H,5,7-11H2,1-4H3/b13-6+/t14-,15-,16+,18-,19+,20?/m1/s1. The molecule has 1 unspecified atom stereocenters. The van der Waals surface area contributed by atoms with Crippen molar-refractivity contribution in [3.8, 4) is 0 Å². The smallest absolute Gasteiger partial charge is 0.168 e. The highest BCUT2D eigenvalue weighted by Gasteiger charge is 2.60. The van der Waals surface area contributed by atoms with Crippen molar-refractivity contribution < 1.29 is 14.3 Å². The molecule has 0 spiro atoms. The van der Waals surface area contributed by atoms with Crippen molar-refractivity contribution in [1.29, 1.82) is 0 Å². The zero-order valence-electron chi connectivity index (χ0n) is 14.9. The van der Waals surface area contributed by atoms with Gasteiger partial charge in [-0.3, -0.25) is 4.79 Å². The maximum atomic E-state index is 13.0. The van der Waals surface area contributed by atoms with E-state index in [1.807, 2.05) is 6.92 Å². The predicted molar refractivity (Wildman–Crippen MR) is 90.1 cm³/mol. The molecule has 2 bridgehead atoms. The largest absolute Gasteiger partial charge is 0.358 e. The number of epoxide rings is 1. The molecule has 1 saturated heterocycles. The first-order valence-corrected chi connectivity index (χ1v) is 9.14. The van der Waals surface area contributed by atoms with E-state index in [9.17, 15) is 9.59 Å². The molecule has 3 rings (SSSR count). The van der Waals surface area contributed by atoms with Crippen LogP contribution in [0.1, 0.15) is 66.2 Å². The second-order valence-electron chi connectivity index (χ2n) is 8.55. The molecule has 0 amide bonds. The fraction of sp³-hybridized carbons (Fsp3) is 0.800. The zero-order valence-corrected chi connectivity index (χ0v) is 14.9. The van der Waals surface area contributed by atoms with Gasteiger partial charge in [-0.1, -0.05) is 25.5 Å². The number of ketones is 1. The Morgan fingerprint density at radius 3 is 2.70 bits per heavy atom. The number of carbonyl (C=O) groups excluding carboxylic acids is 2. The summed E-state index contributed by atoms with van der Waals surface area (Å²) in [5.74, 6) is 0.344. The molecule has 0 aromatic heterocycles. The van der Waals surface area contributed by atoms with Crippen molar-refractivity contribution in [3.05, 3.63) is 11.6 Å². The molecule has 1 heterocycles. The van der Waals surface area contributed by atoms with Crippen LogP contribution in [0.15, 0.2) is 11.6 Å². The number of hydrogen-bond acceptors (Lipinski definition) is 3. The van der Waals surface area contributed by atoms with Crippen molar-refractivity contribution in [3.63, 3.8) is 0 Å². The molecule has 0 N–H and O–H groups in total. The van der Waals surface area contributed by atoms with E-state index in [-0.39, 0.29) is 34.7 Å². The summed E-state index contributed by atoms with van der Waals surface area (Å²) in [6.45, 7) is 8.71. The van der Waals surface area contributed by atoms with Crippen LogP contribution in [-0.4, -0.2) is 23.8 Å². The summed E-state index contributed by atoms with van der Waals surface area (Å²) in [5, 5.41) is 0. The van der Waals surface area contributed by atoms with Crippen LogP contribution in [-0.2, 0) is 14.3 Å². The molecule has 3 aliphatic rings. The second kappa shape index (κ2) is 5.84. The van der Waals surface area contributed by atoms with E-state index in [1.54, 1.807) is 0 Å². The van der Waals surface area contributed by atoms with Gasteiger partial charge in [0.1, 0.15) is 18.0 Å². The molecular formula is C20H30O3. The molecule has 23 heavy (non-hydrogen) atoms. The van der Waals surface area contributed by atoms with Gasteiger partial charge in [0.15, 0.2) is 5.78 Å². The Kier molecular flexibility index (Phi) is 4.29. The third-order valence-corrected chi connectivity index (χ3v) is 7.08. The average Bonchev–Trinajstić information content (AvgIpc) is 3.18. The van der Waals surface area contributed by atoms with E-state index in [1.165, 1.54) is 5.57 Å². The van der Waals surface area contributed by atoms with E-state index >= 15 is 0 Å². The van der Waals surface area contributed by atoms with Crippen LogP contribution in [0.25, 0.3) is 0 Å². The molecule has 0 aromatic rings. The third-order valence-electron chi connectivity index (χ3n) is 7.08. The van der Waals surface area contributed by atoms with Gasteiger partial charge in [-0.2, -0.15) is 0 Å². The molecule has 1 aliphatic heterocycles. The van der Waals surface area contributed by atoms with E-state index in [0.29, 0.717) is 5.92 Å². The fourth-order valence-electron chi connectivity index (χ4n) is 4.86. The van der Waals surface area contributed by atoms with E-state index < -0.39 is 0 Å². The summed E-state index contributed by atoms with van der Waals surface area (Å²) in [4.78, 5) is 25.0. The van der Waals surface area contributed by atoms with E-state index in [2.05, 4.69) is 26.8 Å². The first kappa shape index (κ1) is 16.9. The number of allylic oxidation sites excluding steroid dienone is 2. The lowest BCUT2D eigenvalue weighted by molar-refractivity contribution is -0.138. The number of ether oxygens (including phenoxy) is 1. The first-order valence-electron chi connectivity index (χ1n) is 9.14. The highest BCUT2D eigenvalue weighted by molar-refractivity contribution is 5.91. The monoisotopic (exact) mass is 318 g/mol. The summed E-state index contributed by atoms with van der Waals surface area (Å²) in [6.07, 6.45) is 8.82. The van der Waals surface area contributed by atoms with Gasteiger partial charge in [0, 0.05) is 11.8 Å². The minimum Gasteiger partial charge on any atom is -0.358 e. The number of fused-ring (bicyclic) bond motifs is 3. The number of hydrogen-bond donors (Lipinski definition) is 0. The van der Waals surface area contributed by atoms with Gasteiger partial charge in [-0.05, 0) is 63.7 Å². The Labute approximate surface area is 139 Å². The van der Waals surface area contributed by atoms with Gasteiger partial charge in [0.2, 0.25) is 0 Å². The lowest BCUT2D eigenvalue weighted by Gasteiger charge is -2.48. The number of rotatable bonds is 1.